The van der Waals surface area contributed by atoms with Crippen LogP contribution in [0.25, 0.3) is 0 Å². The fraction of sp³-hybridized carbons (Fsp3) is 0.636. The molecule has 1 fully saturated rings. The summed E-state index contributed by atoms with van der Waals surface area (Å²) in [6.45, 7) is 4.39. The number of anilines is 1. The molecule has 0 spiro atoms. The molecule has 2 rings (SSSR count). The highest BCUT2D eigenvalue weighted by molar-refractivity contribution is 9.08. The average molecular weight is 302 g/mol. The van der Waals surface area contributed by atoms with Crippen LogP contribution in [0.15, 0.2) is 12.4 Å². The van der Waals surface area contributed by atoms with Gasteiger partial charge in [-0.2, -0.15) is 11.8 Å². The van der Waals surface area contributed by atoms with Gasteiger partial charge in [-0.05, 0) is 12.0 Å². The minimum atomic E-state index is 0.730. The van der Waals surface area contributed by atoms with Crippen LogP contribution >= 0.6 is 27.7 Å². The van der Waals surface area contributed by atoms with Crippen LogP contribution in [0.1, 0.15) is 18.9 Å². The van der Waals surface area contributed by atoms with Gasteiger partial charge in [-0.15, -0.1) is 0 Å². The number of hydrogen-bond donors (Lipinski definition) is 0. The SMILES string of the molecule is CCC1CN(c2ncc(CBr)cn2)CCS1. The number of thioether (sulfide) groups is 1. The maximum atomic E-state index is 4.42. The Kier molecular flexibility index (Phi) is 4.46. The van der Waals surface area contributed by atoms with Gasteiger partial charge in [0.05, 0.1) is 0 Å². The highest BCUT2D eigenvalue weighted by Crippen LogP contribution is 2.23. The monoisotopic (exact) mass is 301 g/mol. The van der Waals surface area contributed by atoms with Crippen molar-refractivity contribution in [1.82, 2.24) is 9.97 Å². The van der Waals surface area contributed by atoms with E-state index in [9.17, 15) is 0 Å². The summed E-state index contributed by atoms with van der Waals surface area (Å²) in [5.41, 5.74) is 1.13. The van der Waals surface area contributed by atoms with Gasteiger partial charge in [-0.25, -0.2) is 9.97 Å². The van der Waals surface area contributed by atoms with Crippen LogP contribution in [0, 0.1) is 0 Å². The third kappa shape index (κ3) is 2.88. The minimum absolute atomic E-state index is 0.730. The Balaban J connectivity index is 2.05. The smallest absolute Gasteiger partial charge is 0.225 e. The number of rotatable bonds is 3. The van der Waals surface area contributed by atoms with Gasteiger partial charge in [-0.3, -0.25) is 0 Å². The molecule has 0 aromatic carbocycles. The molecule has 0 aliphatic carbocycles. The predicted molar refractivity (Wildman–Crippen MR) is 73.4 cm³/mol. The Morgan fingerprint density at radius 1 is 1.50 bits per heavy atom. The molecule has 1 saturated heterocycles. The van der Waals surface area contributed by atoms with Crippen molar-refractivity contribution in [3.8, 4) is 0 Å². The molecule has 0 amide bonds. The molecule has 3 nitrogen and oxygen atoms in total. The summed E-state index contributed by atoms with van der Waals surface area (Å²) in [4.78, 5) is 11.1. The maximum Gasteiger partial charge on any atom is 0.225 e. The van der Waals surface area contributed by atoms with E-state index in [0.717, 1.165) is 35.2 Å². The Hall–Kier alpha value is -0.290. The standard InChI is InChI=1S/C11H16BrN3S/c1-2-10-8-15(3-4-16-10)11-13-6-9(5-12)7-14-11/h6-7,10H,2-5,8H2,1H3. The van der Waals surface area contributed by atoms with Crippen molar-refractivity contribution >= 4 is 33.6 Å². The fourth-order valence-corrected chi connectivity index (χ4v) is 3.20. The van der Waals surface area contributed by atoms with Crippen LogP contribution in [0.4, 0.5) is 5.95 Å². The van der Waals surface area contributed by atoms with E-state index in [2.05, 4.69) is 49.5 Å². The lowest BCUT2D eigenvalue weighted by Gasteiger charge is -2.31. The molecule has 2 heterocycles. The average Bonchev–Trinajstić information content (AvgIpc) is 2.39. The lowest BCUT2D eigenvalue weighted by atomic mass is 10.3. The molecule has 0 radical (unpaired) electrons. The van der Waals surface area contributed by atoms with Crippen molar-refractivity contribution in [2.24, 2.45) is 0 Å². The second-order valence-electron chi connectivity index (χ2n) is 3.87. The number of aromatic nitrogens is 2. The summed E-state index contributed by atoms with van der Waals surface area (Å²) < 4.78 is 0. The van der Waals surface area contributed by atoms with Crippen molar-refractivity contribution in [2.45, 2.75) is 23.9 Å². The van der Waals surface area contributed by atoms with Gasteiger partial charge >= 0.3 is 0 Å². The van der Waals surface area contributed by atoms with Gasteiger partial charge < -0.3 is 4.90 Å². The van der Waals surface area contributed by atoms with Gasteiger partial charge in [0, 0.05) is 41.8 Å². The molecule has 1 atom stereocenters. The Labute approximate surface area is 109 Å². The van der Waals surface area contributed by atoms with Gasteiger partial charge in [0.25, 0.3) is 0 Å². The molecule has 0 N–H and O–H groups in total. The fourth-order valence-electron chi connectivity index (χ4n) is 1.73. The summed E-state index contributed by atoms with van der Waals surface area (Å²) >= 11 is 5.47. The van der Waals surface area contributed by atoms with Crippen molar-refractivity contribution in [1.29, 1.82) is 0 Å². The summed E-state index contributed by atoms with van der Waals surface area (Å²) in [5.74, 6) is 2.06. The zero-order valence-electron chi connectivity index (χ0n) is 9.40. The lowest BCUT2D eigenvalue weighted by molar-refractivity contribution is 0.709. The molecular formula is C11H16BrN3S. The minimum Gasteiger partial charge on any atom is -0.339 e. The summed E-state index contributed by atoms with van der Waals surface area (Å²) in [7, 11) is 0. The molecule has 5 heteroatoms. The quantitative estimate of drug-likeness (QED) is 0.803. The number of nitrogens with zero attached hydrogens (tertiary/aromatic N) is 3. The van der Waals surface area contributed by atoms with E-state index in [1.54, 1.807) is 0 Å². The first-order valence-electron chi connectivity index (χ1n) is 5.57. The molecule has 88 valence electrons. The molecule has 1 aliphatic rings. The van der Waals surface area contributed by atoms with Crippen LogP contribution in [0.2, 0.25) is 0 Å². The molecule has 0 saturated carbocycles. The van der Waals surface area contributed by atoms with E-state index in [1.807, 2.05) is 12.4 Å². The molecular weight excluding hydrogens is 286 g/mol. The van der Waals surface area contributed by atoms with E-state index < -0.39 is 0 Å². The Morgan fingerprint density at radius 2 is 2.25 bits per heavy atom. The van der Waals surface area contributed by atoms with Crippen molar-refractivity contribution in [2.75, 3.05) is 23.7 Å². The third-order valence-electron chi connectivity index (χ3n) is 2.72. The molecule has 1 aromatic rings. The second kappa shape index (κ2) is 5.87. The van der Waals surface area contributed by atoms with Gasteiger partial charge in [0.1, 0.15) is 0 Å². The number of hydrogen-bond acceptors (Lipinski definition) is 4. The van der Waals surface area contributed by atoms with Crippen molar-refractivity contribution < 1.29 is 0 Å². The summed E-state index contributed by atoms with van der Waals surface area (Å²) in [6.07, 6.45) is 5.03. The lowest BCUT2D eigenvalue weighted by Crippen LogP contribution is -2.38. The number of alkyl halides is 1. The summed E-state index contributed by atoms with van der Waals surface area (Å²) in [6, 6.07) is 0. The number of halogens is 1. The topological polar surface area (TPSA) is 29.0 Å². The maximum absolute atomic E-state index is 4.42. The first-order chi connectivity index (χ1) is 7.83. The van der Waals surface area contributed by atoms with Crippen LogP contribution in [-0.4, -0.2) is 34.1 Å². The molecule has 1 aliphatic heterocycles. The Bertz CT molecular complexity index is 331. The zero-order valence-corrected chi connectivity index (χ0v) is 11.8. The summed E-state index contributed by atoms with van der Waals surface area (Å²) in [5, 5.41) is 1.55. The first-order valence-corrected chi connectivity index (χ1v) is 7.74. The normalized spacial score (nSPS) is 21.1. The van der Waals surface area contributed by atoms with Crippen LogP contribution in [0.3, 0.4) is 0 Å². The molecule has 0 bridgehead atoms. The van der Waals surface area contributed by atoms with Crippen LogP contribution in [-0.2, 0) is 5.33 Å². The van der Waals surface area contributed by atoms with E-state index in [4.69, 9.17) is 0 Å². The van der Waals surface area contributed by atoms with Crippen LogP contribution < -0.4 is 4.90 Å². The predicted octanol–water partition coefficient (Wildman–Crippen LogP) is 2.70. The van der Waals surface area contributed by atoms with E-state index >= 15 is 0 Å². The Morgan fingerprint density at radius 3 is 2.88 bits per heavy atom. The van der Waals surface area contributed by atoms with Gasteiger partial charge in [0.2, 0.25) is 5.95 Å². The van der Waals surface area contributed by atoms with E-state index in [1.165, 1.54) is 12.2 Å². The van der Waals surface area contributed by atoms with Crippen molar-refractivity contribution in [3.63, 3.8) is 0 Å². The van der Waals surface area contributed by atoms with E-state index in [-0.39, 0.29) is 0 Å². The zero-order chi connectivity index (χ0) is 11.4. The largest absolute Gasteiger partial charge is 0.339 e. The van der Waals surface area contributed by atoms with Crippen LogP contribution in [0.5, 0.6) is 0 Å². The third-order valence-corrected chi connectivity index (χ3v) is 4.74. The van der Waals surface area contributed by atoms with Gasteiger partial charge in [0.15, 0.2) is 0 Å². The highest BCUT2D eigenvalue weighted by Gasteiger charge is 2.20. The molecule has 16 heavy (non-hydrogen) atoms. The second-order valence-corrected chi connectivity index (χ2v) is 5.84. The van der Waals surface area contributed by atoms with E-state index in [0.29, 0.717) is 0 Å². The highest BCUT2D eigenvalue weighted by atomic mass is 79.9. The van der Waals surface area contributed by atoms with Gasteiger partial charge in [-0.1, -0.05) is 22.9 Å². The molecule has 1 unspecified atom stereocenters. The first kappa shape index (κ1) is 12.2. The molecule has 1 aromatic heterocycles. The van der Waals surface area contributed by atoms with Crippen molar-refractivity contribution in [3.05, 3.63) is 18.0 Å².